The van der Waals surface area contributed by atoms with Crippen molar-refractivity contribution in [3.05, 3.63) is 40.3 Å². The smallest absolute Gasteiger partial charge is 0.388 e. The Balaban J connectivity index is 1.89. The first kappa shape index (κ1) is 18.2. The van der Waals surface area contributed by atoms with Crippen LogP contribution in [0.3, 0.4) is 0 Å². The molecule has 1 fully saturated rings. The van der Waals surface area contributed by atoms with Gasteiger partial charge in [0.15, 0.2) is 5.82 Å². The van der Waals surface area contributed by atoms with Crippen LogP contribution in [-0.2, 0) is 6.18 Å². The first-order valence-corrected chi connectivity index (χ1v) is 8.62. The van der Waals surface area contributed by atoms with Crippen LogP contribution in [0.4, 0.5) is 13.2 Å². The number of pyridine rings is 1. The number of nitrogens with zero attached hydrogens (tertiary/aromatic N) is 3. The molecule has 1 N–H and O–H groups in total. The van der Waals surface area contributed by atoms with Crippen LogP contribution in [0.15, 0.2) is 18.5 Å². The molecule has 1 aliphatic rings. The summed E-state index contributed by atoms with van der Waals surface area (Å²) in [6, 6.07) is 0.831. The fourth-order valence-electron chi connectivity index (χ4n) is 3.33. The fraction of sp³-hybridized carbons (Fsp3) is 0.529. The number of aromatic nitrogens is 3. The van der Waals surface area contributed by atoms with Gasteiger partial charge in [0.2, 0.25) is 0 Å². The molecule has 1 atom stereocenters. The molecule has 0 saturated heterocycles. The van der Waals surface area contributed by atoms with Gasteiger partial charge in [-0.1, -0.05) is 30.9 Å². The lowest BCUT2D eigenvalue weighted by Crippen LogP contribution is -2.16. The average molecular weight is 374 g/mol. The van der Waals surface area contributed by atoms with Crippen molar-refractivity contribution in [2.24, 2.45) is 5.92 Å². The van der Waals surface area contributed by atoms with Crippen LogP contribution < -0.4 is 0 Å². The minimum absolute atomic E-state index is 0.111. The number of aliphatic hydroxyl groups is 1. The zero-order valence-electron chi connectivity index (χ0n) is 13.7. The molecule has 8 heteroatoms. The van der Waals surface area contributed by atoms with Gasteiger partial charge in [-0.3, -0.25) is 0 Å². The van der Waals surface area contributed by atoms with Gasteiger partial charge in [-0.25, -0.2) is 9.67 Å². The predicted molar refractivity (Wildman–Crippen MR) is 87.6 cm³/mol. The Hall–Kier alpha value is -1.60. The topological polar surface area (TPSA) is 50.9 Å². The lowest BCUT2D eigenvalue weighted by molar-refractivity contribution is -0.137. The van der Waals surface area contributed by atoms with Gasteiger partial charge < -0.3 is 5.11 Å². The van der Waals surface area contributed by atoms with Gasteiger partial charge in [0.05, 0.1) is 22.4 Å². The number of aryl methyl sites for hydroxylation is 1. The summed E-state index contributed by atoms with van der Waals surface area (Å²) >= 11 is 5.97. The molecular formula is C17H19ClF3N3O. The molecule has 0 amide bonds. The fourth-order valence-corrected chi connectivity index (χ4v) is 3.58. The van der Waals surface area contributed by atoms with Gasteiger partial charge in [0.25, 0.3) is 0 Å². The Bertz CT molecular complexity index is 754. The number of hydrogen-bond acceptors (Lipinski definition) is 3. The zero-order valence-corrected chi connectivity index (χ0v) is 14.5. The second kappa shape index (κ2) is 6.96. The van der Waals surface area contributed by atoms with E-state index >= 15 is 0 Å². The summed E-state index contributed by atoms with van der Waals surface area (Å²) in [5, 5.41) is 14.8. The Morgan fingerprint density at radius 1 is 1.28 bits per heavy atom. The van der Waals surface area contributed by atoms with Gasteiger partial charge in [-0.2, -0.15) is 18.3 Å². The number of rotatable bonds is 3. The van der Waals surface area contributed by atoms with E-state index in [-0.39, 0.29) is 16.8 Å². The third kappa shape index (κ3) is 3.82. The zero-order chi connectivity index (χ0) is 18.2. The van der Waals surface area contributed by atoms with Crippen LogP contribution in [0.25, 0.3) is 5.82 Å². The summed E-state index contributed by atoms with van der Waals surface area (Å²) in [6.45, 7) is 1.76. The molecule has 0 radical (unpaired) electrons. The van der Waals surface area contributed by atoms with Crippen molar-refractivity contribution in [3.8, 4) is 5.82 Å². The number of alkyl halides is 3. The first-order chi connectivity index (χ1) is 11.8. The van der Waals surface area contributed by atoms with Crippen LogP contribution >= 0.6 is 11.6 Å². The molecule has 0 aromatic carbocycles. The summed E-state index contributed by atoms with van der Waals surface area (Å²) in [4.78, 5) is 3.81. The van der Waals surface area contributed by atoms with Crippen LogP contribution in [0.5, 0.6) is 0 Å². The third-order valence-corrected chi connectivity index (χ3v) is 5.00. The maximum absolute atomic E-state index is 12.7. The summed E-state index contributed by atoms with van der Waals surface area (Å²) in [7, 11) is 0. The molecule has 25 heavy (non-hydrogen) atoms. The molecule has 2 aromatic rings. The van der Waals surface area contributed by atoms with Crippen LogP contribution in [0.2, 0.25) is 5.02 Å². The van der Waals surface area contributed by atoms with Crippen LogP contribution in [0, 0.1) is 12.8 Å². The highest BCUT2D eigenvalue weighted by molar-refractivity contribution is 6.32. The van der Waals surface area contributed by atoms with Gasteiger partial charge in [-0.05, 0) is 31.7 Å². The van der Waals surface area contributed by atoms with Gasteiger partial charge in [-0.15, -0.1) is 0 Å². The van der Waals surface area contributed by atoms with E-state index in [1.807, 2.05) is 0 Å². The van der Waals surface area contributed by atoms with Crippen molar-refractivity contribution in [3.63, 3.8) is 0 Å². The maximum atomic E-state index is 12.7. The molecule has 1 aliphatic carbocycles. The molecule has 0 bridgehead atoms. The Kier molecular flexibility index (Phi) is 5.06. The van der Waals surface area contributed by atoms with E-state index in [0.717, 1.165) is 37.9 Å². The standard InChI is InChI=1S/C17H19ClF3N3O/c1-10-13(15(25)11-5-3-2-4-6-11)9-24(23-10)16-14(18)7-12(8-22-16)17(19,20)21/h7-9,11,15,25H,2-6H2,1H3. The third-order valence-electron chi connectivity index (χ3n) is 4.72. The SMILES string of the molecule is Cc1nn(-c2ncc(C(F)(F)F)cc2Cl)cc1C(O)C1CCCCC1. The van der Waals surface area contributed by atoms with E-state index < -0.39 is 17.8 Å². The second-order valence-corrected chi connectivity index (χ2v) is 6.89. The molecule has 1 unspecified atom stereocenters. The summed E-state index contributed by atoms with van der Waals surface area (Å²) < 4.78 is 39.5. The Morgan fingerprint density at radius 3 is 2.56 bits per heavy atom. The Morgan fingerprint density at radius 2 is 1.96 bits per heavy atom. The Labute approximate surface area is 148 Å². The minimum Gasteiger partial charge on any atom is -0.388 e. The van der Waals surface area contributed by atoms with Crippen molar-refractivity contribution in [1.29, 1.82) is 0 Å². The van der Waals surface area contributed by atoms with Crippen molar-refractivity contribution in [2.75, 3.05) is 0 Å². The molecule has 0 aliphatic heterocycles. The highest BCUT2D eigenvalue weighted by atomic mass is 35.5. The quantitative estimate of drug-likeness (QED) is 0.835. The van der Waals surface area contributed by atoms with E-state index in [1.54, 1.807) is 13.1 Å². The highest BCUT2D eigenvalue weighted by Gasteiger charge is 2.32. The monoisotopic (exact) mass is 373 g/mol. The van der Waals surface area contributed by atoms with Crippen molar-refractivity contribution >= 4 is 11.6 Å². The van der Waals surface area contributed by atoms with Crippen LogP contribution in [0.1, 0.15) is 55.0 Å². The second-order valence-electron chi connectivity index (χ2n) is 6.48. The molecule has 2 aromatic heterocycles. The average Bonchev–Trinajstić information content (AvgIpc) is 2.95. The van der Waals surface area contributed by atoms with E-state index in [2.05, 4.69) is 10.1 Å². The van der Waals surface area contributed by atoms with Gasteiger partial charge >= 0.3 is 6.18 Å². The van der Waals surface area contributed by atoms with E-state index in [4.69, 9.17) is 11.6 Å². The normalized spacial score (nSPS) is 17.7. The molecule has 0 spiro atoms. The first-order valence-electron chi connectivity index (χ1n) is 8.24. The molecule has 3 rings (SSSR count). The summed E-state index contributed by atoms with van der Waals surface area (Å²) in [5.41, 5.74) is 0.382. The van der Waals surface area contributed by atoms with Crippen LogP contribution in [-0.4, -0.2) is 19.9 Å². The molecule has 4 nitrogen and oxygen atoms in total. The van der Waals surface area contributed by atoms with Gasteiger partial charge in [0, 0.05) is 18.0 Å². The lowest BCUT2D eigenvalue weighted by atomic mass is 9.83. The van der Waals surface area contributed by atoms with E-state index in [9.17, 15) is 18.3 Å². The van der Waals surface area contributed by atoms with Crippen molar-refractivity contribution in [1.82, 2.24) is 14.8 Å². The highest BCUT2D eigenvalue weighted by Crippen LogP contribution is 2.36. The number of aliphatic hydroxyl groups excluding tert-OH is 1. The largest absolute Gasteiger partial charge is 0.417 e. The summed E-state index contributed by atoms with van der Waals surface area (Å²) in [6.07, 6.45) is 2.51. The molecule has 1 saturated carbocycles. The number of halogens is 4. The molecular weight excluding hydrogens is 355 g/mol. The van der Waals surface area contributed by atoms with E-state index in [1.165, 1.54) is 11.1 Å². The molecule has 136 valence electrons. The van der Waals surface area contributed by atoms with Crippen molar-refractivity contribution in [2.45, 2.75) is 51.3 Å². The maximum Gasteiger partial charge on any atom is 0.417 e. The van der Waals surface area contributed by atoms with Crippen molar-refractivity contribution < 1.29 is 18.3 Å². The van der Waals surface area contributed by atoms with Gasteiger partial charge in [0.1, 0.15) is 0 Å². The number of hydrogen-bond donors (Lipinski definition) is 1. The summed E-state index contributed by atoms with van der Waals surface area (Å²) in [5.74, 6) is 0.293. The van der Waals surface area contributed by atoms with E-state index in [0.29, 0.717) is 11.3 Å². The lowest BCUT2D eigenvalue weighted by Gasteiger charge is -2.26. The minimum atomic E-state index is -4.50. The predicted octanol–water partition coefficient (Wildman–Crippen LogP) is 4.86. The molecule has 2 heterocycles.